The van der Waals surface area contributed by atoms with Crippen molar-refractivity contribution in [3.05, 3.63) is 71.8 Å². The average Bonchev–Trinajstić information content (AvgIpc) is 3.28. The van der Waals surface area contributed by atoms with Gasteiger partial charge in [-0.15, -0.1) is 0 Å². The van der Waals surface area contributed by atoms with Gasteiger partial charge in [-0.3, -0.25) is 9.36 Å². The van der Waals surface area contributed by atoms with Crippen molar-refractivity contribution in [2.45, 2.75) is 23.9 Å². The normalized spacial score (nSPS) is 15.1. The monoisotopic (exact) mass is 488 g/mol. The van der Waals surface area contributed by atoms with Gasteiger partial charge in [0, 0.05) is 44.3 Å². The molecule has 1 aliphatic rings. The molecule has 1 saturated heterocycles. The van der Waals surface area contributed by atoms with Crippen LogP contribution in [0.1, 0.15) is 11.1 Å². The van der Waals surface area contributed by atoms with Crippen LogP contribution in [0.5, 0.6) is 0 Å². The SMILES string of the molecule is Cc1ccc(-n2ccnc2SCC(=O)N2CCN(S(=O)(=O)c3ccccc3F)CC2)cc1C. The summed E-state index contributed by atoms with van der Waals surface area (Å²) < 4.78 is 42.7. The van der Waals surface area contributed by atoms with Crippen LogP contribution in [0.4, 0.5) is 4.39 Å². The Labute approximate surface area is 197 Å². The van der Waals surface area contributed by atoms with Crippen molar-refractivity contribution in [1.29, 1.82) is 0 Å². The molecule has 2 heterocycles. The standard InChI is InChI=1S/C23H25FN4O3S2/c1-17-7-8-19(15-18(17)2)28-10-9-25-23(28)32-16-22(29)26-11-13-27(14-12-26)33(30,31)21-6-4-3-5-20(21)24/h3-10,15H,11-14,16H2,1-2H3. The molecule has 0 unspecified atom stereocenters. The number of hydrogen-bond acceptors (Lipinski definition) is 5. The lowest BCUT2D eigenvalue weighted by Crippen LogP contribution is -2.51. The zero-order chi connectivity index (χ0) is 23.6. The molecule has 0 saturated carbocycles. The van der Waals surface area contributed by atoms with E-state index in [-0.39, 0.29) is 42.7 Å². The molecule has 4 rings (SSSR count). The van der Waals surface area contributed by atoms with Crippen LogP contribution < -0.4 is 0 Å². The molecule has 10 heteroatoms. The Balaban J connectivity index is 1.36. The number of aromatic nitrogens is 2. The van der Waals surface area contributed by atoms with E-state index in [9.17, 15) is 17.6 Å². The second kappa shape index (κ2) is 9.66. The fourth-order valence-electron chi connectivity index (χ4n) is 3.66. The predicted molar refractivity (Wildman–Crippen MR) is 126 cm³/mol. The summed E-state index contributed by atoms with van der Waals surface area (Å²) in [5.74, 6) is -0.661. The number of benzene rings is 2. The van der Waals surface area contributed by atoms with Crippen molar-refractivity contribution in [2.24, 2.45) is 0 Å². The second-order valence-corrected chi connectivity index (χ2v) is 10.7. The summed E-state index contributed by atoms with van der Waals surface area (Å²) >= 11 is 1.34. The van der Waals surface area contributed by atoms with Gasteiger partial charge in [0.2, 0.25) is 15.9 Å². The van der Waals surface area contributed by atoms with Gasteiger partial charge in [0.1, 0.15) is 10.7 Å². The lowest BCUT2D eigenvalue weighted by molar-refractivity contribution is -0.129. The van der Waals surface area contributed by atoms with Crippen LogP contribution in [0, 0.1) is 19.7 Å². The van der Waals surface area contributed by atoms with Crippen molar-refractivity contribution in [3.63, 3.8) is 0 Å². The molecule has 7 nitrogen and oxygen atoms in total. The van der Waals surface area contributed by atoms with Gasteiger partial charge in [0.15, 0.2) is 5.16 Å². The van der Waals surface area contributed by atoms with Crippen LogP contribution >= 0.6 is 11.8 Å². The summed E-state index contributed by atoms with van der Waals surface area (Å²) in [6, 6.07) is 11.5. The summed E-state index contributed by atoms with van der Waals surface area (Å²) in [6.45, 7) is 4.90. The molecule has 0 spiro atoms. The molecule has 33 heavy (non-hydrogen) atoms. The van der Waals surface area contributed by atoms with E-state index in [1.54, 1.807) is 11.1 Å². The summed E-state index contributed by atoms with van der Waals surface area (Å²) in [5.41, 5.74) is 3.37. The highest BCUT2D eigenvalue weighted by atomic mass is 32.2. The van der Waals surface area contributed by atoms with Crippen LogP contribution in [0.2, 0.25) is 0 Å². The van der Waals surface area contributed by atoms with Gasteiger partial charge in [0.25, 0.3) is 0 Å². The molecule has 0 bridgehead atoms. The number of carbonyl (C=O) groups excluding carboxylic acids is 1. The fraction of sp³-hybridized carbons (Fsp3) is 0.304. The molecule has 2 aromatic carbocycles. The largest absolute Gasteiger partial charge is 0.339 e. The number of amides is 1. The highest BCUT2D eigenvalue weighted by Gasteiger charge is 2.31. The van der Waals surface area contributed by atoms with Crippen molar-refractivity contribution >= 4 is 27.7 Å². The third-order valence-corrected chi connectivity index (χ3v) is 8.63. The number of aryl methyl sites for hydroxylation is 2. The third-order valence-electron chi connectivity index (χ3n) is 5.75. The minimum Gasteiger partial charge on any atom is -0.339 e. The van der Waals surface area contributed by atoms with Crippen molar-refractivity contribution in [3.8, 4) is 5.69 Å². The minimum absolute atomic E-state index is 0.0856. The van der Waals surface area contributed by atoms with E-state index >= 15 is 0 Å². The molecule has 1 aromatic heterocycles. The van der Waals surface area contributed by atoms with Crippen molar-refractivity contribution in [2.75, 3.05) is 31.9 Å². The first-order valence-corrected chi connectivity index (χ1v) is 13.0. The minimum atomic E-state index is -3.93. The molecule has 0 N–H and O–H groups in total. The third kappa shape index (κ3) is 4.97. The van der Waals surface area contributed by atoms with E-state index in [0.717, 1.165) is 11.8 Å². The first-order valence-electron chi connectivity index (χ1n) is 10.5. The first-order chi connectivity index (χ1) is 15.8. The Kier molecular flexibility index (Phi) is 6.87. The molecule has 1 fully saturated rings. The fourth-order valence-corrected chi connectivity index (χ4v) is 6.02. The van der Waals surface area contributed by atoms with Gasteiger partial charge in [-0.2, -0.15) is 4.31 Å². The lowest BCUT2D eigenvalue weighted by atomic mass is 10.1. The Hall–Kier alpha value is -2.69. The number of nitrogens with zero attached hydrogens (tertiary/aromatic N) is 4. The van der Waals surface area contributed by atoms with E-state index < -0.39 is 15.8 Å². The molecule has 1 aliphatic heterocycles. The summed E-state index contributed by atoms with van der Waals surface area (Å²) in [6.07, 6.45) is 3.57. The number of piperazine rings is 1. The van der Waals surface area contributed by atoms with Gasteiger partial charge >= 0.3 is 0 Å². The van der Waals surface area contributed by atoms with Gasteiger partial charge < -0.3 is 4.90 Å². The summed E-state index contributed by atoms with van der Waals surface area (Å²) in [7, 11) is -3.93. The molecule has 1 amide bonds. The van der Waals surface area contributed by atoms with Gasteiger partial charge in [-0.05, 0) is 49.2 Å². The quantitative estimate of drug-likeness (QED) is 0.498. The average molecular weight is 489 g/mol. The number of carbonyl (C=O) groups is 1. The summed E-state index contributed by atoms with van der Waals surface area (Å²) in [5, 5.41) is 0.715. The van der Waals surface area contributed by atoms with E-state index in [2.05, 4.69) is 31.0 Å². The van der Waals surface area contributed by atoms with Crippen LogP contribution in [0.3, 0.4) is 0 Å². The summed E-state index contributed by atoms with van der Waals surface area (Å²) in [4.78, 5) is 18.4. The number of halogens is 1. The first kappa shape index (κ1) is 23.5. The molecular weight excluding hydrogens is 463 g/mol. The smallest absolute Gasteiger partial charge is 0.246 e. The maximum Gasteiger partial charge on any atom is 0.246 e. The highest BCUT2D eigenvalue weighted by Crippen LogP contribution is 2.24. The number of hydrogen-bond donors (Lipinski definition) is 0. The van der Waals surface area contributed by atoms with Gasteiger partial charge in [-0.1, -0.05) is 30.0 Å². The maximum absolute atomic E-state index is 14.0. The lowest BCUT2D eigenvalue weighted by Gasteiger charge is -2.34. The van der Waals surface area contributed by atoms with Crippen LogP contribution in [0.25, 0.3) is 5.69 Å². The number of thioether (sulfide) groups is 1. The predicted octanol–water partition coefficient (Wildman–Crippen LogP) is 3.25. The van der Waals surface area contributed by atoms with Crippen LogP contribution in [-0.2, 0) is 14.8 Å². The molecule has 0 radical (unpaired) electrons. The van der Waals surface area contributed by atoms with Crippen LogP contribution in [-0.4, -0.2) is 65.0 Å². The Morgan fingerprint density at radius 2 is 1.79 bits per heavy atom. The van der Waals surface area contributed by atoms with E-state index in [1.807, 2.05) is 16.8 Å². The van der Waals surface area contributed by atoms with E-state index in [4.69, 9.17) is 0 Å². The Morgan fingerprint density at radius 3 is 2.48 bits per heavy atom. The number of imidazole rings is 1. The molecule has 0 aliphatic carbocycles. The molecular formula is C23H25FN4O3S2. The van der Waals surface area contributed by atoms with Gasteiger partial charge in [0.05, 0.1) is 5.75 Å². The zero-order valence-corrected chi connectivity index (χ0v) is 20.1. The Morgan fingerprint density at radius 1 is 1.06 bits per heavy atom. The molecule has 3 aromatic rings. The molecule has 0 atom stereocenters. The van der Waals surface area contributed by atoms with Crippen LogP contribution in [0.15, 0.2) is 64.9 Å². The van der Waals surface area contributed by atoms with E-state index in [0.29, 0.717) is 5.16 Å². The van der Waals surface area contributed by atoms with Crippen molar-refractivity contribution in [1.82, 2.24) is 18.8 Å². The topological polar surface area (TPSA) is 75.5 Å². The maximum atomic E-state index is 14.0. The van der Waals surface area contributed by atoms with E-state index in [1.165, 1.54) is 45.4 Å². The number of rotatable bonds is 6. The number of sulfonamides is 1. The molecule has 174 valence electrons. The highest BCUT2D eigenvalue weighted by molar-refractivity contribution is 7.99. The Bertz CT molecular complexity index is 1270. The second-order valence-electron chi connectivity index (χ2n) is 7.85. The van der Waals surface area contributed by atoms with Gasteiger partial charge in [-0.25, -0.2) is 17.8 Å². The van der Waals surface area contributed by atoms with Crippen molar-refractivity contribution < 1.29 is 17.6 Å². The zero-order valence-electron chi connectivity index (χ0n) is 18.4.